The van der Waals surface area contributed by atoms with E-state index in [1.807, 2.05) is 12.2 Å². The summed E-state index contributed by atoms with van der Waals surface area (Å²) >= 11 is 0. The first-order valence-corrected chi connectivity index (χ1v) is 4.62. The van der Waals surface area contributed by atoms with Crippen LogP contribution in [0.1, 0.15) is 19.3 Å². The minimum absolute atomic E-state index is 0.204. The summed E-state index contributed by atoms with van der Waals surface area (Å²) in [6.07, 6.45) is 11.7. The highest BCUT2D eigenvalue weighted by Crippen LogP contribution is 2.17. The van der Waals surface area contributed by atoms with Gasteiger partial charge in [0.25, 0.3) is 0 Å². The third-order valence-electron chi connectivity index (χ3n) is 2.38. The summed E-state index contributed by atoms with van der Waals surface area (Å²) < 4.78 is 5.46. The molecule has 0 saturated carbocycles. The molecule has 0 aromatic heterocycles. The van der Waals surface area contributed by atoms with Gasteiger partial charge in [-0.3, -0.25) is 0 Å². The fourth-order valence-corrected chi connectivity index (χ4v) is 1.70. The van der Waals surface area contributed by atoms with E-state index in [4.69, 9.17) is 4.74 Å². The number of hydrogen-bond donors (Lipinski definition) is 0. The van der Waals surface area contributed by atoms with E-state index in [1.165, 1.54) is 19.3 Å². The van der Waals surface area contributed by atoms with Crippen molar-refractivity contribution in [3.8, 4) is 0 Å². The Hall–Kier alpha value is -0.760. The van der Waals surface area contributed by atoms with Crippen molar-refractivity contribution >= 4 is 0 Å². The molecular formula is C10H14NO. The fraction of sp³-hybridized carbons (Fsp3) is 0.600. The summed E-state index contributed by atoms with van der Waals surface area (Å²) in [5.74, 6) is 0. The van der Waals surface area contributed by atoms with E-state index in [-0.39, 0.29) is 6.10 Å². The molecule has 0 amide bonds. The topological polar surface area (TPSA) is 23.3 Å². The van der Waals surface area contributed by atoms with Gasteiger partial charge in [0.15, 0.2) is 0 Å². The van der Waals surface area contributed by atoms with Crippen LogP contribution >= 0.6 is 0 Å². The molecule has 1 saturated heterocycles. The summed E-state index contributed by atoms with van der Waals surface area (Å²) in [5.41, 5.74) is 0. The molecule has 1 fully saturated rings. The van der Waals surface area contributed by atoms with Crippen molar-refractivity contribution in [1.82, 2.24) is 5.32 Å². The standard InChI is InChI=1S/C10H14NO/c1-3-7-11-9(5-1)10-6-2-4-8-12-10/h2,4,6,8-10H,1,3,5,7H2. The highest BCUT2D eigenvalue weighted by atomic mass is 16.5. The number of nitrogens with zero attached hydrogens (tertiary/aromatic N) is 1. The second-order valence-corrected chi connectivity index (χ2v) is 3.28. The molecule has 2 unspecified atom stereocenters. The zero-order chi connectivity index (χ0) is 8.23. The van der Waals surface area contributed by atoms with Crippen LogP contribution in [0.5, 0.6) is 0 Å². The van der Waals surface area contributed by atoms with Gasteiger partial charge in [0.05, 0.1) is 12.3 Å². The maximum Gasteiger partial charge on any atom is 0.133 e. The first kappa shape index (κ1) is 7.87. The Morgan fingerprint density at radius 2 is 2.25 bits per heavy atom. The summed E-state index contributed by atoms with van der Waals surface area (Å²) in [6.45, 7) is 1.02. The highest BCUT2D eigenvalue weighted by molar-refractivity contribution is 5.10. The second-order valence-electron chi connectivity index (χ2n) is 3.28. The van der Waals surface area contributed by atoms with E-state index < -0.39 is 0 Å². The zero-order valence-electron chi connectivity index (χ0n) is 7.15. The number of rotatable bonds is 1. The molecule has 65 valence electrons. The molecule has 0 aromatic rings. The molecule has 2 atom stereocenters. The lowest BCUT2D eigenvalue weighted by Gasteiger charge is -2.28. The van der Waals surface area contributed by atoms with Gasteiger partial charge < -0.3 is 4.74 Å². The zero-order valence-corrected chi connectivity index (χ0v) is 7.15. The van der Waals surface area contributed by atoms with Gasteiger partial charge in [-0.2, -0.15) is 0 Å². The van der Waals surface area contributed by atoms with Gasteiger partial charge in [-0.05, 0) is 25.0 Å². The molecule has 2 nitrogen and oxygen atoms in total. The maximum atomic E-state index is 5.46. The Morgan fingerprint density at radius 3 is 2.92 bits per heavy atom. The van der Waals surface area contributed by atoms with Crippen molar-refractivity contribution in [1.29, 1.82) is 0 Å². The molecule has 0 aromatic carbocycles. The van der Waals surface area contributed by atoms with Crippen LogP contribution in [-0.4, -0.2) is 18.7 Å². The normalized spacial score (nSPS) is 34.7. The van der Waals surface area contributed by atoms with Crippen LogP contribution in [0.25, 0.3) is 0 Å². The number of allylic oxidation sites excluding steroid dienone is 2. The van der Waals surface area contributed by atoms with E-state index in [1.54, 1.807) is 6.26 Å². The number of hydrogen-bond acceptors (Lipinski definition) is 1. The van der Waals surface area contributed by atoms with Crippen molar-refractivity contribution in [2.75, 3.05) is 6.54 Å². The predicted octanol–water partition coefficient (Wildman–Crippen LogP) is 1.61. The molecule has 0 N–H and O–H groups in total. The molecule has 1 radical (unpaired) electrons. The third-order valence-corrected chi connectivity index (χ3v) is 2.38. The molecule has 0 aliphatic carbocycles. The van der Waals surface area contributed by atoms with E-state index in [0.717, 1.165) is 6.54 Å². The third kappa shape index (κ3) is 1.69. The molecule has 2 heterocycles. The van der Waals surface area contributed by atoms with Crippen LogP contribution in [0, 0.1) is 0 Å². The minimum atomic E-state index is 0.204. The first-order chi connectivity index (χ1) is 5.97. The lowest BCUT2D eigenvalue weighted by atomic mass is 9.99. The molecule has 2 rings (SSSR count). The van der Waals surface area contributed by atoms with E-state index in [2.05, 4.69) is 11.4 Å². The van der Waals surface area contributed by atoms with Crippen molar-refractivity contribution in [2.45, 2.75) is 31.4 Å². The summed E-state index contributed by atoms with van der Waals surface area (Å²) in [7, 11) is 0. The van der Waals surface area contributed by atoms with Crippen LogP contribution in [0.4, 0.5) is 0 Å². The Balaban J connectivity index is 1.90. The summed E-state index contributed by atoms with van der Waals surface area (Å²) in [6, 6.07) is 0.403. The molecule has 0 spiro atoms. The van der Waals surface area contributed by atoms with Gasteiger partial charge in [-0.25, -0.2) is 5.32 Å². The first-order valence-electron chi connectivity index (χ1n) is 4.62. The monoisotopic (exact) mass is 164 g/mol. The Morgan fingerprint density at radius 1 is 1.25 bits per heavy atom. The van der Waals surface area contributed by atoms with E-state index in [9.17, 15) is 0 Å². The van der Waals surface area contributed by atoms with Gasteiger partial charge in [0, 0.05) is 6.54 Å². The Bertz CT molecular complexity index is 192. The van der Waals surface area contributed by atoms with Crippen LogP contribution in [0.15, 0.2) is 24.5 Å². The predicted molar refractivity (Wildman–Crippen MR) is 47.8 cm³/mol. The lowest BCUT2D eigenvalue weighted by Crippen LogP contribution is -2.38. The largest absolute Gasteiger partial charge is 0.492 e. The van der Waals surface area contributed by atoms with Crippen molar-refractivity contribution in [3.05, 3.63) is 24.5 Å². The fourth-order valence-electron chi connectivity index (χ4n) is 1.70. The summed E-state index contributed by atoms with van der Waals surface area (Å²) in [4.78, 5) is 0. The molecule has 2 heteroatoms. The van der Waals surface area contributed by atoms with Gasteiger partial charge in [-0.1, -0.05) is 12.5 Å². The lowest BCUT2D eigenvalue weighted by molar-refractivity contribution is 0.125. The SMILES string of the molecule is C1=COC(C2CCCC[N]2)C=C1. The van der Waals surface area contributed by atoms with E-state index in [0.29, 0.717) is 6.04 Å². The second kappa shape index (κ2) is 3.76. The molecule has 2 aliphatic rings. The smallest absolute Gasteiger partial charge is 0.133 e. The molecular weight excluding hydrogens is 150 g/mol. The highest BCUT2D eigenvalue weighted by Gasteiger charge is 2.23. The Labute approximate surface area is 73.3 Å². The minimum Gasteiger partial charge on any atom is -0.492 e. The van der Waals surface area contributed by atoms with Gasteiger partial charge in [-0.15, -0.1) is 0 Å². The maximum absolute atomic E-state index is 5.46. The summed E-state index contributed by atoms with van der Waals surface area (Å²) in [5, 5.41) is 4.54. The van der Waals surface area contributed by atoms with Gasteiger partial charge in [0.1, 0.15) is 6.10 Å². The van der Waals surface area contributed by atoms with Crippen LogP contribution in [-0.2, 0) is 4.74 Å². The quantitative estimate of drug-likeness (QED) is 0.577. The van der Waals surface area contributed by atoms with Crippen LogP contribution in [0.2, 0.25) is 0 Å². The molecule has 12 heavy (non-hydrogen) atoms. The van der Waals surface area contributed by atoms with Gasteiger partial charge in [0.2, 0.25) is 0 Å². The average molecular weight is 164 g/mol. The van der Waals surface area contributed by atoms with Crippen molar-refractivity contribution in [3.63, 3.8) is 0 Å². The number of ether oxygens (including phenoxy) is 1. The average Bonchev–Trinajstić information content (AvgIpc) is 2.21. The van der Waals surface area contributed by atoms with Gasteiger partial charge >= 0.3 is 0 Å². The van der Waals surface area contributed by atoms with Crippen molar-refractivity contribution < 1.29 is 4.74 Å². The van der Waals surface area contributed by atoms with Crippen LogP contribution < -0.4 is 5.32 Å². The molecule has 2 aliphatic heterocycles. The van der Waals surface area contributed by atoms with Crippen LogP contribution in [0.3, 0.4) is 0 Å². The Kier molecular flexibility index (Phi) is 2.47. The number of piperidine rings is 1. The van der Waals surface area contributed by atoms with Crippen molar-refractivity contribution in [2.24, 2.45) is 0 Å². The van der Waals surface area contributed by atoms with E-state index >= 15 is 0 Å². The molecule has 0 bridgehead atoms.